The Morgan fingerprint density at radius 1 is 1.15 bits per heavy atom. The lowest BCUT2D eigenvalue weighted by atomic mass is 10.5. The molecule has 1 N–H and O–H groups in total. The van der Waals surface area contributed by atoms with Crippen LogP contribution >= 0.6 is 0 Å². The minimum Gasteiger partial charge on any atom is -0.358 e. The Hall–Kier alpha value is -1.40. The summed E-state index contributed by atoms with van der Waals surface area (Å²) in [6.45, 7) is 0. The summed E-state index contributed by atoms with van der Waals surface area (Å²) < 4.78 is 32.8. The molecule has 0 saturated heterocycles. The first kappa shape index (κ1) is 9.69. The molecule has 0 saturated carbocycles. The van der Waals surface area contributed by atoms with Gasteiger partial charge in [0, 0.05) is 0 Å². The van der Waals surface area contributed by atoms with E-state index in [0.717, 1.165) is 12.1 Å². The van der Waals surface area contributed by atoms with Crippen molar-refractivity contribution in [1.29, 1.82) is 0 Å². The maximum absolute atomic E-state index is 11.0. The molecule has 1 rings (SSSR count). The summed E-state index contributed by atoms with van der Waals surface area (Å²) in [7, 11) is -4.63. The Morgan fingerprint density at radius 2 is 1.77 bits per heavy atom. The van der Waals surface area contributed by atoms with E-state index in [1.165, 1.54) is 18.2 Å². The maximum Gasteiger partial charge on any atom is 0.446 e. The zero-order valence-corrected chi connectivity index (χ0v) is 7.19. The summed E-state index contributed by atoms with van der Waals surface area (Å²) in [5, 5.41) is 0. The number of hydrogen-bond donors (Lipinski definition) is 1. The van der Waals surface area contributed by atoms with Crippen molar-refractivity contribution < 1.29 is 17.2 Å². The molecule has 0 bridgehead atoms. The molecule has 0 amide bonds. The highest BCUT2D eigenvalue weighted by atomic mass is 32.3. The fourth-order valence-corrected chi connectivity index (χ4v) is 1.06. The molecule has 0 aliphatic rings. The van der Waals surface area contributed by atoms with Crippen LogP contribution in [0.5, 0.6) is 5.75 Å². The Kier molecular flexibility index (Phi) is 2.64. The lowest BCUT2D eigenvalue weighted by molar-refractivity contribution is 0.385. The van der Waals surface area contributed by atoms with Gasteiger partial charge in [-0.15, -0.1) is 0 Å². The molecule has 6 heteroatoms. The van der Waals surface area contributed by atoms with Crippen molar-refractivity contribution in [2.75, 3.05) is 0 Å². The number of hydrogen-bond acceptors (Lipinski definition) is 4. The smallest absolute Gasteiger partial charge is 0.358 e. The molecule has 0 atom stereocenters. The number of rotatable bonds is 2. The summed E-state index contributed by atoms with van der Waals surface area (Å²) in [5.74, 6) is -0.437. The van der Waals surface area contributed by atoms with E-state index in [9.17, 15) is 13.2 Å². The fourth-order valence-electron chi connectivity index (χ4n) is 0.697. The van der Waals surface area contributed by atoms with Crippen molar-refractivity contribution in [1.82, 2.24) is 0 Å². The van der Waals surface area contributed by atoms with Crippen molar-refractivity contribution in [2.24, 2.45) is 0 Å². The summed E-state index contributed by atoms with van der Waals surface area (Å²) in [4.78, 5) is 11.0. The SMILES string of the molecule is O=c1cccccc1OS(=O)(=O)O. The van der Waals surface area contributed by atoms with Gasteiger partial charge in [0.2, 0.25) is 5.43 Å². The molecular weight excluding hydrogens is 196 g/mol. The van der Waals surface area contributed by atoms with Crippen molar-refractivity contribution in [3.8, 4) is 5.75 Å². The summed E-state index contributed by atoms with van der Waals surface area (Å²) >= 11 is 0. The molecule has 0 unspecified atom stereocenters. The normalized spacial score (nSPS) is 10.8. The van der Waals surface area contributed by atoms with Gasteiger partial charge in [-0.05, 0) is 12.1 Å². The van der Waals surface area contributed by atoms with Crippen molar-refractivity contribution in [2.45, 2.75) is 0 Å². The molecule has 1 aromatic rings. The first-order valence-corrected chi connectivity index (χ1v) is 4.62. The van der Waals surface area contributed by atoms with E-state index in [-0.39, 0.29) is 0 Å². The monoisotopic (exact) mass is 202 g/mol. The second-order valence-corrected chi connectivity index (χ2v) is 3.17. The van der Waals surface area contributed by atoms with Crippen LogP contribution in [0.2, 0.25) is 0 Å². The van der Waals surface area contributed by atoms with E-state index in [4.69, 9.17) is 4.55 Å². The Balaban J connectivity index is 3.19. The van der Waals surface area contributed by atoms with Gasteiger partial charge in [-0.1, -0.05) is 18.2 Å². The van der Waals surface area contributed by atoms with Gasteiger partial charge in [0.15, 0.2) is 5.75 Å². The average Bonchev–Trinajstić information content (AvgIpc) is 2.14. The minimum absolute atomic E-state index is 0.437. The van der Waals surface area contributed by atoms with E-state index >= 15 is 0 Å². The predicted molar refractivity (Wildman–Crippen MR) is 44.9 cm³/mol. The topological polar surface area (TPSA) is 80.7 Å². The third-order valence-corrected chi connectivity index (χ3v) is 1.55. The van der Waals surface area contributed by atoms with Crippen LogP contribution in [-0.4, -0.2) is 13.0 Å². The second-order valence-electron chi connectivity index (χ2n) is 2.15. The standard InChI is InChI=1S/C7H6O5S/c8-6-4-2-1-3-5-7(6)12-13(9,10)11/h1-5H,(H,9,10,11). The van der Waals surface area contributed by atoms with Gasteiger partial charge in [-0.25, -0.2) is 0 Å². The van der Waals surface area contributed by atoms with Gasteiger partial charge < -0.3 is 4.18 Å². The average molecular weight is 202 g/mol. The van der Waals surface area contributed by atoms with Gasteiger partial charge in [-0.3, -0.25) is 9.35 Å². The van der Waals surface area contributed by atoms with Crippen LogP contribution in [0.15, 0.2) is 35.1 Å². The van der Waals surface area contributed by atoms with E-state index in [0.29, 0.717) is 0 Å². The van der Waals surface area contributed by atoms with Gasteiger partial charge in [0.1, 0.15) is 0 Å². The van der Waals surface area contributed by atoms with Crippen LogP contribution in [0.25, 0.3) is 0 Å². The molecule has 0 aromatic heterocycles. The molecule has 13 heavy (non-hydrogen) atoms. The molecule has 0 aliphatic carbocycles. The van der Waals surface area contributed by atoms with Gasteiger partial charge in [-0.2, -0.15) is 8.42 Å². The van der Waals surface area contributed by atoms with Crippen molar-refractivity contribution >= 4 is 10.4 Å². The highest BCUT2D eigenvalue weighted by molar-refractivity contribution is 7.81. The highest BCUT2D eigenvalue weighted by Gasteiger charge is 2.07. The first-order chi connectivity index (χ1) is 5.99. The zero-order valence-electron chi connectivity index (χ0n) is 6.38. The van der Waals surface area contributed by atoms with Crippen LogP contribution in [0.1, 0.15) is 0 Å². The van der Waals surface area contributed by atoms with Crippen molar-refractivity contribution in [3.05, 3.63) is 40.6 Å². The molecule has 0 radical (unpaired) electrons. The molecule has 0 aliphatic heterocycles. The minimum atomic E-state index is -4.63. The Bertz CT molecular complexity index is 450. The molecule has 0 fully saturated rings. The molecular formula is C7H6O5S. The van der Waals surface area contributed by atoms with E-state index in [1.54, 1.807) is 0 Å². The summed E-state index contributed by atoms with van der Waals surface area (Å²) in [6, 6.07) is 6.65. The van der Waals surface area contributed by atoms with Gasteiger partial charge in [0.25, 0.3) is 0 Å². The van der Waals surface area contributed by atoms with E-state index in [1.807, 2.05) is 0 Å². The molecule has 70 valence electrons. The van der Waals surface area contributed by atoms with Gasteiger partial charge >= 0.3 is 10.4 Å². The van der Waals surface area contributed by atoms with Crippen LogP contribution in [0.3, 0.4) is 0 Å². The van der Waals surface area contributed by atoms with Gasteiger partial charge in [0.05, 0.1) is 0 Å². The molecule has 1 aromatic carbocycles. The Labute approximate surface area is 74.6 Å². The lowest BCUT2D eigenvalue weighted by Gasteiger charge is -1.95. The van der Waals surface area contributed by atoms with Crippen LogP contribution in [-0.2, 0) is 10.4 Å². The summed E-state index contributed by atoms with van der Waals surface area (Å²) in [5.41, 5.74) is -0.623. The maximum atomic E-state index is 11.0. The molecule has 5 nitrogen and oxygen atoms in total. The fraction of sp³-hybridized carbons (Fsp3) is 0. The quantitative estimate of drug-likeness (QED) is 0.694. The second kappa shape index (κ2) is 3.55. The van der Waals surface area contributed by atoms with Crippen LogP contribution in [0, 0.1) is 0 Å². The van der Waals surface area contributed by atoms with E-state index in [2.05, 4.69) is 4.18 Å². The third kappa shape index (κ3) is 3.22. The largest absolute Gasteiger partial charge is 0.446 e. The lowest BCUT2D eigenvalue weighted by Crippen LogP contribution is -2.11. The van der Waals surface area contributed by atoms with Crippen molar-refractivity contribution in [3.63, 3.8) is 0 Å². The van der Waals surface area contributed by atoms with Crippen LogP contribution < -0.4 is 9.61 Å². The van der Waals surface area contributed by atoms with E-state index < -0.39 is 21.6 Å². The summed E-state index contributed by atoms with van der Waals surface area (Å²) in [6.07, 6.45) is 0. The highest BCUT2D eigenvalue weighted by Crippen LogP contribution is 2.02. The zero-order chi connectivity index (χ0) is 9.90. The Morgan fingerprint density at radius 3 is 2.38 bits per heavy atom. The molecule has 0 spiro atoms. The molecule has 0 heterocycles. The predicted octanol–water partition coefficient (Wildman–Crippen LogP) is 0.228. The third-order valence-electron chi connectivity index (χ3n) is 1.16. The van der Waals surface area contributed by atoms with Crippen LogP contribution in [0.4, 0.5) is 0 Å². The first-order valence-electron chi connectivity index (χ1n) is 3.25.